The van der Waals surface area contributed by atoms with Gasteiger partial charge in [-0.05, 0) is 55.8 Å². The Hall–Kier alpha value is -0.810. The summed E-state index contributed by atoms with van der Waals surface area (Å²) in [6.07, 6.45) is 1.01. The molecule has 0 saturated heterocycles. The molecule has 0 aliphatic carbocycles. The van der Waals surface area contributed by atoms with E-state index in [9.17, 15) is 0 Å². The molecule has 1 N–H and O–H groups in total. The second-order valence-corrected chi connectivity index (χ2v) is 5.66. The summed E-state index contributed by atoms with van der Waals surface area (Å²) in [7, 11) is 1.72. The molecule has 0 radical (unpaired) electrons. The van der Waals surface area contributed by atoms with E-state index in [1.807, 2.05) is 18.2 Å². The Kier molecular flexibility index (Phi) is 8.04. The number of halogens is 2. The largest absolute Gasteiger partial charge is 0.460 e. The zero-order chi connectivity index (χ0) is 14.4. The molecule has 1 heterocycles. The molecule has 1 aromatic heterocycles. The zero-order valence-electron chi connectivity index (χ0n) is 12.3. The Morgan fingerprint density at radius 1 is 1.24 bits per heavy atom. The van der Waals surface area contributed by atoms with Crippen LogP contribution in [-0.2, 0) is 11.3 Å². The Bertz CT molecular complexity index is 557. The molecule has 0 bridgehead atoms. The van der Waals surface area contributed by atoms with E-state index in [1.165, 1.54) is 5.56 Å². The van der Waals surface area contributed by atoms with E-state index in [0.717, 1.165) is 47.7 Å². The van der Waals surface area contributed by atoms with Gasteiger partial charge in [0.2, 0.25) is 0 Å². The Morgan fingerprint density at radius 3 is 2.76 bits per heavy atom. The fourth-order valence-electron chi connectivity index (χ4n) is 2.07. The van der Waals surface area contributed by atoms with Gasteiger partial charge in [0.1, 0.15) is 11.5 Å². The number of ether oxygens (including phenoxy) is 1. The van der Waals surface area contributed by atoms with Crippen molar-refractivity contribution >= 4 is 28.3 Å². The highest BCUT2D eigenvalue weighted by atomic mass is 79.9. The third-order valence-electron chi connectivity index (χ3n) is 3.12. The van der Waals surface area contributed by atoms with Crippen LogP contribution in [0.3, 0.4) is 0 Å². The normalized spacial score (nSPS) is 10.4. The van der Waals surface area contributed by atoms with E-state index >= 15 is 0 Å². The van der Waals surface area contributed by atoms with Gasteiger partial charge in [0.25, 0.3) is 0 Å². The lowest BCUT2D eigenvalue weighted by Gasteiger charge is -2.04. The van der Waals surface area contributed by atoms with Gasteiger partial charge in [-0.1, -0.05) is 15.9 Å². The van der Waals surface area contributed by atoms with Gasteiger partial charge in [-0.2, -0.15) is 0 Å². The third kappa shape index (κ3) is 5.47. The molecule has 0 fully saturated rings. The number of benzene rings is 1. The number of nitrogens with one attached hydrogen (secondary N) is 1. The average Bonchev–Trinajstić information content (AvgIpc) is 2.87. The molecular weight excluding hydrogens is 354 g/mol. The fourth-order valence-corrected chi connectivity index (χ4v) is 2.55. The summed E-state index contributed by atoms with van der Waals surface area (Å²) in [6.45, 7) is 4.56. The van der Waals surface area contributed by atoms with Gasteiger partial charge < -0.3 is 14.5 Å². The second kappa shape index (κ2) is 9.26. The highest BCUT2D eigenvalue weighted by Gasteiger charge is 2.07. The topological polar surface area (TPSA) is 34.4 Å². The molecule has 2 aromatic rings. The van der Waals surface area contributed by atoms with Crippen molar-refractivity contribution in [2.24, 2.45) is 0 Å². The quantitative estimate of drug-likeness (QED) is 0.721. The van der Waals surface area contributed by atoms with Crippen molar-refractivity contribution in [1.82, 2.24) is 5.32 Å². The van der Waals surface area contributed by atoms with Crippen LogP contribution in [0, 0.1) is 6.92 Å². The first-order valence-corrected chi connectivity index (χ1v) is 7.55. The molecule has 5 heteroatoms. The monoisotopic (exact) mass is 373 g/mol. The van der Waals surface area contributed by atoms with E-state index in [2.05, 4.69) is 40.3 Å². The van der Waals surface area contributed by atoms with Gasteiger partial charge >= 0.3 is 0 Å². The number of hydrogen-bond donors (Lipinski definition) is 1. The molecule has 3 nitrogen and oxygen atoms in total. The molecule has 2 rings (SSSR count). The van der Waals surface area contributed by atoms with Crippen LogP contribution in [0.4, 0.5) is 0 Å². The number of hydrogen-bond acceptors (Lipinski definition) is 3. The van der Waals surface area contributed by atoms with Crippen molar-refractivity contribution in [1.29, 1.82) is 0 Å². The van der Waals surface area contributed by atoms with Gasteiger partial charge in [-0.25, -0.2) is 0 Å². The number of furan rings is 1. The first kappa shape index (κ1) is 18.2. The summed E-state index contributed by atoms with van der Waals surface area (Å²) in [5, 5.41) is 3.34. The standard InChI is InChI=1S/C16H20BrNO2.ClH/c1-12-10-13(17)4-6-15(12)16-7-5-14(20-16)11-18-8-3-9-19-2;/h4-7,10,18H,3,8-9,11H2,1-2H3;1H. The Labute approximate surface area is 140 Å². The molecule has 116 valence electrons. The van der Waals surface area contributed by atoms with Gasteiger partial charge in [0, 0.05) is 23.8 Å². The lowest BCUT2D eigenvalue weighted by molar-refractivity contribution is 0.194. The van der Waals surface area contributed by atoms with Crippen molar-refractivity contribution in [3.8, 4) is 11.3 Å². The summed E-state index contributed by atoms with van der Waals surface area (Å²) in [5.41, 5.74) is 2.34. The van der Waals surface area contributed by atoms with Crippen LogP contribution in [0.2, 0.25) is 0 Å². The molecule has 0 atom stereocenters. The minimum absolute atomic E-state index is 0. The van der Waals surface area contributed by atoms with Gasteiger partial charge in [0.15, 0.2) is 0 Å². The maximum absolute atomic E-state index is 5.89. The smallest absolute Gasteiger partial charge is 0.134 e. The van der Waals surface area contributed by atoms with Gasteiger partial charge in [-0.3, -0.25) is 0 Å². The SMILES string of the molecule is COCCCNCc1ccc(-c2ccc(Br)cc2C)o1.Cl. The number of rotatable bonds is 7. The van der Waals surface area contributed by atoms with E-state index in [4.69, 9.17) is 9.15 Å². The minimum atomic E-state index is 0. The minimum Gasteiger partial charge on any atom is -0.460 e. The lowest BCUT2D eigenvalue weighted by atomic mass is 10.1. The van der Waals surface area contributed by atoms with Crippen molar-refractivity contribution in [3.05, 3.63) is 46.1 Å². The summed E-state index contributed by atoms with van der Waals surface area (Å²) < 4.78 is 12.0. The summed E-state index contributed by atoms with van der Waals surface area (Å²) in [4.78, 5) is 0. The summed E-state index contributed by atoms with van der Waals surface area (Å²) in [6, 6.07) is 10.3. The van der Waals surface area contributed by atoms with Crippen LogP contribution in [0.25, 0.3) is 11.3 Å². The van der Waals surface area contributed by atoms with Gasteiger partial charge in [-0.15, -0.1) is 12.4 Å². The highest BCUT2D eigenvalue weighted by molar-refractivity contribution is 9.10. The number of methoxy groups -OCH3 is 1. The molecule has 1 aromatic carbocycles. The fraction of sp³-hybridized carbons (Fsp3) is 0.375. The lowest BCUT2D eigenvalue weighted by Crippen LogP contribution is -2.15. The van der Waals surface area contributed by atoms with Crippen LogP contribution < -0.4 is 5.32 Å². The molecule has 0 amide bonds. The third-order valence-corrected chi connectivity index (χ3v) is 3.61. The van der Waals surface area contributed by atoms with Crippen molar-refractivity contribution < 1.29 is 9.15 Å². The molecule has 0 aliphatic rings. The highest BCUT2D eigenvalue weighted by Crippen LogP contribution is 2.27. The molecular formula is C16H21BrClNO2. The van der Waals surface area contributed by atoms with Crippen molar-refractivity contribution in [2.45, 2.75) is 19.9 Å². The van der Waals surface area contributed by atoms with E-state index in [1.54, 1.807) is 7.11 Å². The first-order valence-electron chi connectivity index (χ1n) is 6.75. The van der Waals surface area contributed by atoms with E-state index < -0.39 is 0 Å². The summed E-state index contributed by atoms with van der Waals surface area (Å²) in [5.74, 6) is 1.88. The van der Waals surface area contributed by atoms with Crippen LogP contribution in [-0.4, -0.2) is 20.3 Å². The maximum Gasteiger partial charge on any atom is 0.134 e. The second-order valence-electron chi connectivity index (χ2n) is 4.75. The Balaban J connectivity index is 0.00000220. The number of aryl methyl sites for hydroxylation is 1. The Morgan fingerprint density at radius 2 is 2.05 bits per heavy atom. The van der Waals surface area contributed by atoms with Crippen LogP contribution in [0.1, 0.15) is 17.7 Å². The molecule has 0 unspecified atom stereocenters. The van der Waals surface area contributed by atoms with Crippen LogP contribution in [0.5, 0.6) is 0 Å². The van der Waals surface area contributed by atoms with Crippen molar-refractivity contribution in [2.75, 3.05) is 20.3 Å². The zero-order valence-corrected chi connectivity index (χ0v) is 14.7. The predicted molar refractivity (Wildman–Crippen MR) is 92.0 cm³/mol. The maximum atomic E-state index is 5.89. The van der Waals surface area contributed by atoms with Gasteiger partial charge in [0.05, 0.1) is 6.54 Å². The molecule has 21 heavy (non-hydrogen) atoms. The predicted octanol–water partition coefficient (Wildman–Crippen LogP) is 4.57. The first-order chi connectivity index (χ1) is 9.70. The molecule has 0 saturated carbocycles. The van der Waals surface area contributed by atoms with E-state index in [-0.39, 0.29) is 12.4 Å². The molecule has 0 aliphatic heterocycles. The average molecular weight is 375 g/mol. The molecule has 0 spiro atoms. The van der Waals surface area contributed by atoms with Crippen molar-refractivity contribution in [3.63, 3.8) is 0 Å². The van der Waals surface area contributed by atoms with E-state index in [0.29, 0.717) is 0 Å². The van der Waals surface area contributed by atoms with Crippen LogP contribution in [0.15, 0.2) is 39.2 Å². The summed E-state index contributed by atoms with van der Waals surface area (Å²) >= 11 is 3.48. The van der Waals surface area contributed by atoms with Crippen LogP contribution >= 0.6 is 28.3 Å².